The standard InChI is InChI=1S/C14H18N2OS2/c1-3-13(17-5-1)8-16(7-12-10-18-11-15-12)9-14-4-2-6-19-14/h2,4,6,10-11,13H,1,3,5,7-9H2. The minimum atomic E-state index is 0.401. The molecule has 1 aliphatic heterocycles. The quantitative estimate of drug-likeness (QED) is 0.816. The van der Waals surface area contributed by atoms with Crippen molar-refractivity contribution >= 4 is 22.7 Å². The maximum absolute atomic E-state index is 5.77. The Morgan fingerprint density at radius 2 is 2.42 bits per heavy atom. The summed E-state index contributed by atoms with van der Waals surface area (Å²) in [5, 5.41) is 4.28. The van der Waals surface area contributed by atoms with Gasteiger partial charge in [-0.3, -0.25) is 4.90 Å². The van der Waals surface area contributed by atoms with Crippen LogP contribution in [0, 0.1) is 0 Å². The van der Waals surface area contributed by atoms with E-state index in [1.807, 2.05) is 16.8 Å². The normalized spacial score (nSPS) is 19.3. The summed E-state index contributed by atoms with van der Waals surface area (Å²) in [6.45, 7) is 3.85. The summed E-state index contributed by atoms with van der Waals surface area (Å²) in [6.07, 6.45) is 2.80. The molecule has 0 aromatic carbocycles. The maximum Gasteiger partial charge on any atom is 0.0795 e. The van der Waals surface area contributed by atoms with E-state index in [0.29, 0.717) is 6.10 Å². The van der Waals surface area contributed by atoms with E-state index in [1.54, 1.807) is 11.3 Å². The molecular formula is C14H18N2OS2. The lowest BCUT2D eigenvalue weighted by molar-refractivity contribution is 0.0679. The smallest absolute Gasteiger partial charge is 0.0795 e. The van der Waals surface area contributed by atoms with Gasteiger partial charge in [0.25, 0.3) is 0 Å². The number of hydrogen-bond acceptors (Lipinski definition) is 5. The van der Waals surface area contributed by atoms with Crippen molar-refractivity contribution in [2.75, 3.05) is 13.2 Å². The van der Waals surface area contributed by atoms with E-state index < -0.39 is 0 Å². The third-order valence-corrected chi connectivity index (χ3v) is 4.81. The lowest BCUT2D eigenvalue weighted by Crippen LogP contribution is -2.31. The van der Waals surface area contributed by atoms with Crippen LogP contribution in [0.25, 0.3) is 0 Å². The molecule has 1 unspecified atom stereocenters. The molecule has 0 aliphatic carbocycles. The number of aromatic nitrogens is 1. The van der Waals surface area contributed by atoms with Crippen LogP contribution in [0.15, 0.2) is 28.4 Å². The number of ether oxygens (including phenoxy) is 1. The van der Waals surface area contributed by atoms with Crippen molar-refractivity contribution in [2.45, 2.75) is 32.0 Å². The van der Waals surface area contributed by atoms with Gasteiger partial charge in [0.15, 0.2) is 0 Å². The van der Waals surface area contributed by atoms with Crippen LogP contribution in [0.3, 0.4) is 0 Å². The van der Waals surface area contributed by atoms with Gasteiger partial charge >= 0.3 is 0 Å². The predicted molar refractivity (Wildman–Crippen MR) is 79.5 cm³/mol. The van der Waals surface area contributed by atoms with Gasteiger partial charge in [0.2, 0.25) is 0 Å². The number of nitrogens with zero attached hydrogens (tertiary/aromatic N) is 2. The van der Waals surface area contributed by atoms with E-state index in [9.17, 15) is 0 Å². The van der Waals surface area contributed by atoms with E-state index in [4.69, 9.17) is 4.74 Å². The average Bonchev–Trinajstić information content (AvgIpc) is 3.10. The molecule has 1 saturated heterocycles. The van der Waals surface area contributed by atoms with Crippen LogP contribution in [0.5, 0.6) is 0 Å². The van der Waals surface area contributed by atoms with Gasteiger partial charge in [-0.25, -0.2) is 4.98 Å². The third-order valence-electron chi connectivity index (χ3n) is 3.31. The lowest BCUT2D eigenvalue weighted by atomic mass is 10.2. The molecule has 3 rings (SSSR count). The third kappa shape index (κ3) is 3.86. The van der Waals surface area contributed by atoms with Gasteiger partial charge in [-0.1, -0.05) is 6.07 Å². The van der Waals surface area contributed by atoms with E-state index >= 15 is 0 Å². The largest absolute Gasteiger partial charge is 0.377 e. The Bertz CT molecular complexity index is 427. The highest BCUT2D eigenvalue weighted by atomic mass is 32.1. The maximum atomic E-state index is 5.77. The van der Waals surface area contributed by atoms with E-state index in [-0.39, 0.29) is 0 Å². The summed E-state index contributed by atoms with van der Waals surface area (Å²) in [7, 11) is 0. The SMILES string of the molecule is c1csc(CN(Cc2cscn2)CC2CCCO2)c1. The van der Waals surface area contributed by atoms with Gasteiger partial charge in [-0.05, 0) is 24.3 Å². The Morgan fingerprint density at radius 3 is 3.11 bits per heavy atom. The first kappa shape index (κ1) is 13.2. The molecule has 1 fully saturated rings. The first-order valence-corrected chi connectivity index (χ1v) is 8.46. The molecule has 2 aromatic heterocycles. The zero-order valence-corrected chi connectivity index (χ0v) is 12.5. The van der Waals surface area contributed by atoms with Crippen LogP contribution in [0.2, 0.25) is 0 Å². The van der Waals surface area contributed by atoms with Crippen molar-refractivity contribution < 1.29 is 4.74 Å². The van der Waals surface area contributed by atoms with Crippen LogP contribution in [-0.4, -0.2) is 29.1 Å². The highest BCUT2D eigenvalue weighted by Gasteiger charge is 2.20. The van der Waals surface area contributed by atoms with E-state index in [2.05, 4.69) is 32.8 Å². The second-order valence-corrected chi connectivity index (χ2v) is 6.61. The second kappa shape index (κ2) is 6.61. The first-order valence-electron chi connectivity index (χ1n) is 6.63. The molecule has 102 valence electrons. The number of hydrogen-bond donors (Lipinski definition) is 0. The lowest BCUT2D eigenvalue weighted by Gasteiger charge is -2.23. The molecule has 3 heterocycles. The summed E-state index contributed by atoms with van der Waals surface area (Å²) < 4.78 is 5.77. The number of thiophene rings is 1. The van der Waals surface area contributed by atoms with Gasteiger partial charge < -0.3 is 4.74 Å². The molecule has 0 saturated carbocycles. The zero-order valence-electron chi connectivity index (χ0n) is 10.8. The predicted octanol–water partition coefficient (Wildman–Crippen LogP) is 3.39. The summed E-state index contributed by atoms with van der Waals surface area (Å²) in [5.41, 5.74) is 3.07. The zero-order chi connectivity index (χ0) is 12.9. The molecule has 0 N–H and O–H groups in total. The molecule has 5 heteroatoms. The second-order valence-electron chi connectivity index (χ2n) is 4.86. The van der Waals surface area contributed by atoms with Crippen molar-refractivity contribution in [3.63, 3.8) is 0 Å². The van der Waals surface area contributed by atoms with Gasteiger partial charge in [0.05, 0.1) is 17.3 Å². The van der Waals surface area contributed by atoms with E-state index in [1.165, 1.54) is 23.4 Å². The average molecular weight is 294 g/mol. The number of thiazole rings is 1. The van der Waals surface area contributed by atoms with Crippen LogP contribution in [0.1, 0.15) is 23.4 Å². The van der Waals surface area contributed by atoms with Crippen LogP contribution in [-0.2, 0) is 17.8 Å². The molecule has 0 radical (unpaired) electrons. The molecule has 19 heavy (non-hydrogen) atoms. The Labute approximate surface area is 121 Å². The molecular weight excluding hydrogens is 276 g/mol. The number of rotatable bonds is 6. The van der Waals surface area contributed by atoms with Gasteiger partial charge in [-0.2, -0.15) is 0 Å². The summed E-state index contributed by atoms with van der Waals surface area (Å²) >= 11 is 3.49. The molecule has 0 amide bonds. The minimum Gasteiger partial charge on any atom is -0.377 e. The highest BCUT2D eigenvalue weighted by Crippen LogP contribution is 2.19. The van der Waals surface area contributed by atoms with Crippen molar-refractivity contribution in [2.24, 2.45) is 0 Å². The first-order chi connectivity index (χ1) is 9.40. The minimum absolute atomic E-state index is 0.401. The van der Waals surface area contributed by atoms with Gasteiger partial charge in [0.1, 0.15) is 0 Å². The molecule has 1 aliphatic rings. The Balaban J connectivity index is 1.63. The fraction of sp³-hybridized carbons (Fsp3) is 0.500. The van der Waals surface area contributed by atoms with Crippen molar-refractivity contribution in [1.82, 2.24) is 9.88 Å². The summed E-state index contributed by atoms with van der Waals surface area (Å²) in [6, 6.07) is 4.32. The fourth-order valence-electron chi connectivity index (χ4n) is 2.43. The topological polar surface area (TPSA) is 25.4 Å². The fourth-order valence-corrected chi connectivity index (χ4v) is 3.72. The van der Waals surface area contributed by atoms with Crippen molar-refractivity contribution in [3.8, 4) is 0 Å². The Kier molecular flexibility index (Phi) is 4.61. The molecule has 0 spiro atoms. The highest BCUT2D eigenvalue weighted by molar-refractivity contribution is 7.09. The molecule has 1 atom stereocenters. The van der Waals surface area contributed by atoms with Crippen LogP contribution < -0.4 is 0 Å². The Morgan fingerprint density at radius 1 is 1.42 bits per heavy atom. The van der Waals surface area contributed by atoms with Gasteiger partial charge in [-0.15, -0.1) is 22.7 Å². The van der Waals surface area contributed by atoms with Crippen molar-refractivity contribution in [3.05, 3.63) is 39.0 Å². The summed E-state index contributed by atoms with van der Waals surface area (Å²) in [4.78, 5) is 8.26. The molecule has 3 nitrogen and oxygen atoms in total. The molecule has 0 bridgehead atoms. The van der Waals surface area contributed by atoms with Crippen molar-refractivity contribution in [1.29, 1.82) is 0 Å². The van der Waals surface area contributed by atoms with Gasteiger partial charge in [0, 0.05) is 36.5 Å². The van der Waals surface area contributed by atoms with Crippen LogP contribution in [0.4, 0.5) is 0 Å². The van der Waals surface area contributed by atoms with Crippen LogP contribution >= 0.6 is 22.7 Å². The Hall–Kier alpha value is -0.750. The summed E-state index contributed by atoms with van der Waals surface area (Å²) in [5.74, 6) is 0. The molecule has 2 aromatic rings. The monoisotopic (exact) mass is 294 g/mol. The van der Waals surface area contributed by atoms with E-state index in [0.717, 1.165) is 26.2 Å².